The minimum atomic E-state index is -0.404. The van der Waals surface area contributed by atoms with Gasteiger partial charge in [-0.05, 0) is 23.1 Å². The van der Waals surface area contributed by atoms with E-state index in [4.69, 9.17) is 4.74 Å². The van der Waals surface area contributed by atoms with Gasteiger partial charge in [0.25, 0.3) is 0 Å². The zero-order valence-electron chi connectivity index (χ0n) is 18.5. The number of hydrogen-bond acceptors (Lipinski definition) is 4. The summed E-state index contributed by atoms with van der Waals surface area (Å²) in [5.74, 6) is -0.370. The molecule has 2 aliphatic rings. The Morgan fingerprint density at radius 2 is 1.62 bits per heavy atom. The molecule has 170 valence electrons. The monoisotopic (exact) mass is 436 g/mol. The molecule has 0 bridgehead atoms. The number of hydrogen-bond donors (Lipinski definition) is 2. The van der Waals surface area contributed by atoms with E-state index >= 15 is 0 Å². The van der Waals surface area contributed by atoms with Crippen LogP contribution in [0.3, 0.4) is 0 Å². The van der Waals surface area contributed by atoms with Crippen molar-refractivity contribution in [2.24, 2.45) is 0 Å². The molecule has 2 aliphatic heterocycles. The van der Waals surface area contributed by atoms with Crippen molar-refractivity contribution in [3.63, 3.8) is 0 Å². The highest BCUT2D eigenvalue weighted by Gasteiger charge is 2.27. The van der Waals surface area contributed by atoms with E-state index in [0.29, 0.717) is 32.8 Å². The summed E-state index contributed by atoms with van der Waals surface area (Å²) in [5.41, 5.74) is 3.71. The van der Waals surface area contributed by atoms with Gasteiger partial charge in [-0.2, -0.15) is 0 Å². The van der Waals surface area contributed by atoms with Gasteiger partial charge in [0.1, 0.15) is 0 Å². The molecule has 0 aliphatic carbocycles. The van der Waals surface area contributed by atoms with Gasteiger partial charge in [0.15, 0.2) is 0 Å². The average Bonchev–Trinajstić information content (AvgIpc) is 2.85. The number of morpholine rings is 1. The Labute approximate surface area is 189 Å². The minimum Gasteiger partial charge on any atom is -0.378 e. The van der Waals surface area contributed by atoms with Crippen molar-refractivity contribution >= 4 is 11.9 Å². The summed E-state index contributed by atoms with van der Waals surface area (Å²) < 4.78 is 5.37. The predicted octanol–water partition coefficient (Wildman–Crippen LogP) is 1.99. The van der Waals surface area contributed by atoms with Crippen LogP contribution in [0.4, 0.5) is 4.79 Å². The molecule has 0 aromatic heterocycles. The van der Waals surface area contributed by atoms with E-state index in [2.05, 4.69) is 39.8 Å². The molecular weight excluding hydrogens is 404 g/mol. The highest BCUT2D eigenvalue weighted by Crippen LogP contribution is 2.19. The van der Waals surface area contributed by atoms with Gasteiger partial charge in [-0.15, -0.1) is 0 Å². The first-order chi connectivity index (χ1) is 15.7. The van der Waals surface area contributed by atoms with Gasteiger partial charge in [0, 0.05) is 45.8 Å². The van der Waals surface area contributed by atoms with Gasteiger partial charge in [-0.1, -0.05) is 54.6 Å². The van der Waals surface area contributed by atoms with Gasteiger partial charge in [0.05, 0.1) is 19.1 Å². The van der Waals surface area contributed by atoms with E-state index in [0.717, 1.165) is 31.6 Å². The van der Waals surface area contributed by atoms with Crippen LogP contribution in [0, 0.1) is 0 Å². The first-order valence-corrected chi connectivity index (χ1v) is 11.4. The molecule has 0 spiro atoms. The third-order valence-electron chi connectivity index (χ3n) is 6.21. The van der Waals surface area contributed by atoms with Gasteiger partial charge in [-0.3, -0.25) is 9.69 Å². The van der Waals surface area contributed by atoms with Crippen molar-refractivity contribution in [1.82, 2.24) is 20.4 Å². The third kappa shape index (κ3) is 5.87. The largest absolute Gasteiger partial charge is 0.378 e. The van der Waals surface area contributed by atoms with Crippen LogP contribution in [0.2, 0.25) is 0 Å². The van der Waals surface area contributed by atoms with Crippen molar-refractivity contribution in [2.45, 2.75) is 18.9 Å². The highest BCUT2D eigenvalue weighted by molar-refractivity contribution is 5.85. The molecule has 0 saturated carbocycles. The number of nitrogens with zero attached hydrogens (tertiary/aromatic N) is 2. The second-order valence-corrected chi connectivity index (χ2v) is 8.33. The average molecular weight is 437 g/mol. The second kappa shape index (κ2) is 11.1. The first-order valence-electron chi connectivity index (χ1n) is 11.4. The van der Waals surface area contributed by atoms with E-state index < -0.39 is 5.92 Å². The number of amides is 3. The second-order valence-electron chi connectivity index (χ2n) is 8.33. The van der Waals surface area contributed by atoms with Crippen LogP contribution < -0.4 is 10.6 Å². The number of rotatable bonds is 7. The summed E-state index contributed by atoms with van der Waals surface area (Å²) in [4.78, 5) is 29.7. The molecule has 2 aromatic rings. The van der Waals surface area contributed by atoms with Crippen LogP contribution in [0.15, 0.2) is 54.6 Å². The van der Waals surface area contributed by atoms with Gasteiger partial charge < -0.3 is 20.3 Å². The minimum absolute atomic E-state index is 0.0341. The number of ether oxygens (including phenoxy) is 1. The normalized spacial score (nSPS) is 17.3. The SMILES string of the molecule is O=C(NCCN1CCc2ccccc2C1)NCC(C(=O)N1CCOCC1)c1ccccc1. The summed E-state index contributed by atoms with van der Waals surface area (Å²) in [6, 6.07) is 18.0. The summed E-state index contributed by atoms with van der Waals surface area (Å²) in [7, 11) is 0. The zero-order valence-corrected chi connectivity index (χ0v) is 18.5. The predicted molar refractivity (Wildman–Crippen MR) is 123 cm³/mol. The lowest BCUT2D eigenvalue weighted by Gasteiger charge is -2.31. The first kappa shape index (κ1) is 22.3. The molecular formula is C25H32N4O3. The van der Waals surface area contributed by atoms with E-state index in [1.165, 1.54) is 11.1 Å². The number of nitrogens with one attached hydrogen (secondary N) is 2. The van der Waals surface area contributed by atoms with Crippen LogP contribution in [0.1, 0.15) is 22.6 Å². The summed E-state index contributed by atoms with van der Waals surface area (Å²) in [6.07, 6.45) is 1.05. The lowest BCUT2D eigenvalue weighted by atomic mass is 9.97. The maximum Gasteiger partial charge on any atom is 0.314 e. The van der Waals surface area contributed by atoms with Crippen molar-refractivity contribution in [3.05, 3.63) is 71.3 Å². The van der Waals surface area contributed by atoms with Crippen LogP contribution in [0.5, 0.6) is 0 Å². The standard InChI is InChI=1S/C25H32N4O3/c30-24(29-14-16-32-17-15-29)23(21-7-2-1-3-8-21)18-27-25(31)26-11-13-28-12-10-20-6-4-5-9-22(20)19-28/h1-9,23H,10-19H2,(H2,26,27,31). The lowest BCUT2D eigenvalue weighted by Crippen LogP contribution is -2.47. The number of carbonyl (C=O) groups excluding carboxylic acids is 2. The molecule has 1 saturated heterocycles. The molecule has 1 unspecified atom stereocenters. The van der Waals surface area contributed by atoms with Crippen molar-refractivity contribution in [2.75, 3.05) is 52.5 Å². The molecule has 32 heavy (non-hydrogen) atoms. The molecule has 3 amide bonds. The van der Waals surface area contributed by atoms with Crippen molar-refractivity contribution in [3.8, 4) is 0 Å². The topological polar surface area (TPSA) is 73.9 Å². The fraction of sp³-hybridized carbons (Fsp3) is 0.440. The summed E-state index contributed by atoms with van der Waals surface area (Å²) >= 11 is 0. The number of fused-ring (bicyclic) bond motifs is 1. The van der Waals surface area contributed by atoms with Crippen LogP contribution in [-0.4, -0.2) is 74.2 Å². The molecule has 0 radical (unpaired) electrons. The lowest BCUT2D eigenvalue weighted by molar-refractivity contribution is -0.136. The van der Waals surface area contributed by atoms with E-state index in [-0.39, 0.29) is 18.5 Å². The van der Waals surface area contributed by atoms with Gasteiger partial charge in [0.2, 0.25) is 5.91 Å². The molecule has 7 heteroatoms. The molecule has 1 fully saturated rings. The fourth-order valence-electron chi connectivity index (χ4n) is 4.37. The molecule has 7 nitrogen and oxygen atoms in total. The summed E-state index contributed by atoms with van der Waals surface area (Å²) in [6.45, 7) is 5.86. The molecule has 4 rings (SSSR count). The quantitative estimate of drug-likeness (QED) is 0.696. The Hall–Kier alpha value is -2.90. The van der Waals surface area contributed by atoms with Crippen LogP contribution in [0.25, 0.3) is 0 Å². The smallest absolute Gasteiger partial charge is 0.314 e. The van der Waals surface area contributed by atoms with Crippen molar-refractivity contribution < 1.29 is 14.3 Å². The Bertz CT molecular complexity index is 899. The fourth-order valence-corrected chi connectivity index (χ4v) is 4.37. The zero-order chi connectivity index (χ0) is 22.2. The maximum absolute atomic E-state index is 13.1. The summed E-state index contributed by atoms with van der Waals surface area (Å²) in [5, 5.41) is 5.85. The van der Waals surface area contributed by atoms with Gasteiger partial charge in [-0.25, -0.2) is 4.79 Å². The van der Waals surface area contributed by atoms with Gasteiger partial charge >= 0.3 is 6.03 Å². The molecule has 1 atom stereocenters. The number of benzene rings is 2. The third-order valence-corrected chi connectivity index (χ3v) is 6.21. The van der Waals surface area contributed by atoms with Crippen molar-refractivity contribution in [1.29, 1.82) is 0 Å². The number of urea groups is 1. The Morgan fingerprint density at radius 1 is 0.906 bits per heavy atom. The Morgan fingerprint density at radius 3 is 2.41 bits per heavy atom. The number of carbonyl (C=O) groups is 2. The van der Waals surface area contributed by atoms with Crippen LogP contribution in [-0.2, 0) is 22.5 Å². The molecule has 2 aromatic carbocycles. The maximum atomic E-state index is 13.1. The Balaban J connectivity index is 1.25. The molecule has 2 N–H and O–H groups in total. The van der Waals surface area contributed by atoms with Crippen LogP contribution >= 0.6 is 0 Å². The van der Waals surface area contributed by atoms with E-state index in [1.54, 1.807) is 0 Å². The molecule has 2 heterocycles. The Kier molecular flexibility index (Phi) is 7.74. The van der Waals surface area contributed by atoms with E-state index in [1.807, 2.05) is 35.2 Å². The highest BCUT2D eigenvalue weighted by atomic mass is 16.5. The van der Waals surface area contributed by atoms with E-state index in [9.17, 15) is 9.59 Å².